The number of aromatic hydroxyl groups is 1. The first-order valence-electron chi connectivity index (χ1n) is 5.72. The summed E-state index contributed by atoms with van der Waals surface area (Å²) in [5.41, 5.74) is 0.235. The molecule has 1 aromatic carbocycles. The van der Waals surface area contributed by atoms with E-state index in [1.807, 2.05) is 6.92 Å². The number of carbonyl (C=O) groups is 1. The number of amides is 1. The number of phenolic OH excluding ortho intramolecular Hbond substituents is 1. The van der Waals surface area contributed by atoms with E-state index in [9.17, 15) is 9.90 Å². The fourth-order valence-electron chi connectivity index (χ4n) is 1.49. The van der Waals surface area contributed by atoms with Crippen molar-refractivity contribution in [3.05, 3.63) is 23.8 Å². The molecule has 0 saturated carbocycles. The molecular formula is C13H18ClNO3. The van der Waals surface area contributed by atoms with E-state index in [0.29, 0.717) is 18.7 Å². The van der Waals surface area contributed by atoms with Crippen LogP contribution in [0, 0.1) is 0 Å². The molecule has 0 heterocycles. The fourth-order valence-corrected chi connectivity index (χ4v) is 1.59. The first-order chi connectivity index (χ1) is 8.45. The molecule has 1 amide bonds. The van der Waals surface area contributed by atoms with E-state index in [4.69, 9.17) is 16.3 Å². The number of halogens is 1. The molecule has 0 aliphatic rings. The smallest absolute Gasteiger partial charge is 0.257 e. The first kappa shape index (κ1) is 14.6. The molecule has 4 nitrogen and oxygen atoms in total. The predicted molar refractivity (Wildman–Crippen MR) is 71.6 cm³/mol. The molecule has 5 heteroatoms. The highest BCUT2D eigenvalue weighted by atomic mass is 35.5. The molecule has 0 aromatic heterocycles. The van der Waals surface area contributed by atoms with Crippen LogP contribution in [0.15, 0.2) is 18.2 Å². The number of hydrogen-bond acceptors (Lipinski definition) is 3. The molecule has 0 fully saturated rings. The molecule has 0 bridgehead atoms. The van der Waals surface area contributed by atoms with Crippen molar-refractivity contribution in [3.8, 4) is 11.5 Å². The maximum atomic E-state index is 12.1. The highest BCUT2D eigenvalue weighted by molar-refractivity contribution is 6.20. The van der Waals surface area contributed by atoms with Gasteiger partial charge in [-0.15, -0.1) is 11.6 Å². The summed E-state index contributed by atoms with van der Waals surface area (Å²) in [4.78, 5) is 13.6. The molecular weight excluding hydrogens is 254 g/mol. The zero-order valence-corrected chi connectivity index (χ0v) is 11.6. The SMILES string of the molecule is COc1ccc(O)c(C(=O)N(C)CCC(C)Cl)c1. The van der Waals surface area contributed by atoms with E-state index < -0.39 is 0 Å². The van der Waals surface area contributed by atoms with E-state index >= 15 is 0 Å². The number of methoxy groups -OCH3 is 1. The van der Waals surface area contributed by atoms with Crippen LogP contribution in [-0.2, 0) is 0 Å². The van der Waals surface area contributed by atoms with Crippen LogP contribution in [0.4, 0.5) is 0 Å². The minimum Gasteiger partial charge on any atom is -0.507 e. The van der Waals surface area contributed by atoms with Crippen LogP contribution >= 0.6 is 11.6 Å². The zero-order chi connectivity index (χ0) is 13.7. The average molecular weight is 272 g/mol. The minimum absolute atomic E-state index is 0.0131. The van der Waals surface area contributed by atoms with E-state index in [2.05, 4.69) is 0 Å². The second-order valence-corrected chi connectivity index (χ2v) is 4.92. The molecule has 18 heavy (non-hydrogen) atoms. The third-order valence-corrected chi connectivity index (χ3v) is 2.86. The normalized spacial score (nSPS) is 12.0. The summed E-state index contributed by atoms with van der Waals surface area (Å²) in [7, 11) is 3.19. The van der Waals surface area contributed by atoms with Gasteiger partial charge in [-0.2, -0.15) is 0 Å². The molecule has 100 valence electrons. The number of phenols is 1. The third kappa shape index (κ3) is 3.81. The van der Waals surface area contributed by atoms with Gasteiger partial charge in [0.25, 0.3) is 5.91 Å². The Kier molecular flexibility index (Phi) is 5.28. The topological polar surface area (TPSA) is 49.8 Å². The Morgan fingerprint density at radius 3 is 2.78 bits per heavy atom. The first-order valence-corrected chi connectivity index (χ1v) is 6.16. The van der Waals surface area contributed by atoms with E-state index in [0.717, 1.165) is 0 Å². The Morgan fingerprint density at radius 2 is 2.22 bits per heavy atom. The maximum absolute atomic E-state index is 12.1. The Bertz CT molecular complexity index is 421. The lowest BCUT2D eigenvalue weighted by Crippen LogP contribution is -2.28. The summed E-state index contributed by atoms with van der Waals surface area (Å²) in [6, 6.07) is 4.58. The molecule has 0 aliphatic carbocycles. The van der Waals surface area contributed by atoms with Gasteiger partial charge in [-0.3, -0.25) is 4.79 Å². The lowest BCUT2D eigenvalue weighted by Gasteiger charge is -2.18. The second kappa shape index (κ2) is 6.50. The van der Waals surface area contributed by atoms with Crippen LogP contribution in [-0.4, -0.2) is 42.0 Å². The van der Waals surface area contributed by atoms with Gasteiger partial charge in [0, 0.05) is 19.0 Å². The van der Waals surface area contributed by atoms with Crippen LogP contribution in [0.2, 0.25) is 0 Å². The lowest BCUT2D eigenvalue weighted by molar-refractivity contribution is 0.0790. The standard InChI is InChI=1S/C13H18ClNO3/c1-9(14)6-7-15(2)13(17)11-8-10(18-3)4-5-12(11)16/h4-5,8-9,16H,6-7H2,1-3H3. The Hall–Kier alpha value is -1.42. The second-order valence-electron chi connectivity index (χ2n) is 4.18. The number of nitrogens with zero attached hydrogens (tertiary/aromatic N) is 1. The van der Waals surface area contributed by atoms with E-state index in [1.165, 1.54) is 24.1 Å². The van der Waals surface area contributed by atoms with E-state index in [-0.39, 0.29) is 22.6 Å². The fraction of sp³-hybridized carbons (Fsp3) is 0.462. The molecule has 0 spiro atoms. The highest BCUT2D eigenvalue weighted by Crippen LogP contribution is 2.24. The molecule has 0 aliphatic heterocycles. The number of ether oxygens (including phenoxy) is 1. The van der Waals surface area contributed by atoms with Gasteiger partial charge >= 0.3 is 0 Å². The summed E-state index contributed by atoms with van der Waals surface area (Å²) in [5, 5.41) is 9.71. The van der Waals surface area contributed by atoms with Gasteiger partial charge in [-0.05, 0) is 31.5 Å². The number of hydrogen-bond donors (Lipinski definition) is 1. The summed E-state index contributed by atoms with van der Waals surface area (Å²) in [5.74, 6) is 0.241. The van der Waals surface area contributed by atoms with Gasteiger partial charge < -0.3 is 14.7 Å². The number of benzene rings is 1. The van der Waals surface area contributed by atoms with Crippen molar-refractivity contribution < 1.29 is 14.6 Å². The van der Waals surface area contributed by atoms with Crippen molar-refractivity contribution in [2.75, 3.05) is 20.7 Å². The average Bonchev–Trinajstić information content (AvgIpc) is 2.35. The van der Waals surface area contributed by atoms with Crippen molar-refractivity contribution >= 4 is 17.5 Å². The number of alkyl halides is 1. The van der Waals surface area contributed by atoms with Gasteiger partial charge in [0.15, 0.2) is 0 Å². The largest absolute Gasteiger partial charge is 0.507 e. The van der Waals surface area contributed by atoms with Crippen LogP contribution in [0.3, 0.4) is 0 Å². The molecule has 1 unspecified atom stereocenters. The predicted octanol–water partition coefficient (Wildman–Crippen LogP) is 2.49. The van der Waals surface area contributed by atoms with E-state index in [1.54, 1.807) is 13.1 Å². The highest BCUT2D eigenvalue weighted by Gasteiger charge is 2.17. The van der Waals surface area contributed by atoms with Crippen molar-refractivity contribution in [3.63, 3.8) is 0 Å². The Morgan fingerprint density at radius 1 is 1.56 bits per heavy atom. The van der Waals surface area contributed by atoms with Crippen molar-refractivity contribution in [2.24, 2.45) is 0 Å². The Labute approximate surface area is 112 Å². The molecule has 1 aromatic rings. The van der Waals surface area contributed by atoms with Crippen molar-refractivity contribution in [1.82, 2.24) is 4.90 Å². The van der Waals surface area contributed by atoms with Gasteiger partial charge in [-0.1, -0.05) is 0 Å². The molecule has 1 N–H and O–H groups in total. The van der Waals surface area contributed by atoms with Gasteiger partial charge in [0.1, 0.15) is 11.5 Å². The van der Waals surface area contributed by atoms with Crippen LogP contribution in [0.25, 0.3) is 0 Å². The third-order valence-electron chi connectivity index (χ3n) is 2.64. The summed E-state index contributed by atoms with van der Waals surface area (Å²) >= 11 is 5.84. The van der Waals surface area contributed by atoms with Gasteiger partial charge in [0.05, 0.1) is 12.7 Å². The zero-order valence-electron chi connectivity index (χ0n) is 10.8. The molecule has 0 radical (unpaired) electrons. The maximum Gasteiger partial charge on any atom is 0.257 e. The summed E-state index contributed by atoms with van der Waals surface area (Å²) in [6.45, 7) is 2.42. The van der Waals surface area contributed by atoms with Crippen molar-refractivity contribution in [2.45, 2.75) is 18.7 Å². The molecule has 0 saturated heterocycles. The minimum atomic E-state index is -0.247. The molecule has 1 rings (SSSR count). The molecule has 1 atom stereocenters. The van der Waals surface area contributed by atoms with Crippen LogP contribution in [0.1, 0.15) is 23.7 Å². The van der Waals surface area contributed by atoms with Crippen molar-refractivity contribution in [1.29, 1.82) is 0 Å². The summed E-state index contributed by atoms with van der Waals surface area (Å²) in [6.07, 6.45) is 0.703. The van der Waals surface area contributed by atoms with Crippen LogP contribution in [0.5, 0.6) is 11.5 Å². The monoisotopic (exact) mass is 271 g/mol. The van der Waals surface area contributed by atoms with Gasteiger partial charge in [-0.25, -0.2) is 0 Å². The summed E-state index contributed by atoms with van der Waals surface area (Å²) < 4.78 is 5.03. The van der Waals surface area contributed by atoms with Crippen LogP contribution < -0.4 is 4.74 Å². The number of carbonyl (C=O) groups excluding carboxylic acids is 1. The lowest BCUT2D eigenvalue weighted by atomic mass is 10.1. The quantitative estimate of drug-likeness (QED) is 0.837. The van der Waals surface area contributed by atoms with Gasteiger partial charge in [0.2, 0.25) is 0 Å². The Balaban J connectivity index is 2.82. The number of rotatable bonds is 5.